The Kier molecular flexibility index (Phi) is 3.78. The van der Waals surface area contributed by atoms with E-state index in [1.54, 1.807) is 7.11 Å². The highest BCUT2D eigenvalue weighted by molar-refractivity contribution is 5.58. The first kappa shape index (κ1) is 13.2. The highest BCUT2D eigenvalue weighted by Gasteiger charge is 2.40. The minimum Gasteiger partial charge on any atom is -0.495 e. The Balaban J connectivity index is 2.21. The fraction of sp³-hybridized carbons (Fsp3) is 0.571. The molecule has 2 rings (SSSR count). The predicted molar refractivity (Wildman–Crippen MR) is 73.1 cm³/mol. The van der Waals surface area contributed by atoms with Crippen LogP contribution in [0.1, 0.15) is 13.3 Å². The molecule has 1 saturated heterocycles. The van der Waals surface area contributed by atoms with E-state index >= 15 is 0 Å². The Bertz CT molecular complexity index is 399. The second-order valence-corrected chi connectivity index (χ2v) is 5.23. The van der Waals surface area contributed by atoms with Gasteiger partial charge in [-0.25, -0.2) is 0 Å². The van der Waals surface area contributed by atoms with Gasteiger partial charge in [0.2, 0.25) is 0 Å². The number of hydrogen-bond donors (Lipinski definition) is 2. The molecule has 4 heteroatoms. The largest absolute Gasteiger partial charge is 0.495 e. The number of likely N-dealkylation sites (N-methyl/N-ethyl adjacent to an activating group) is 1. The third-order valence-corrected chi connectivity index (χ3v) is 3.80. The molecule has 0 spiro atoms. The molecule has 0 amide bonds. The second kappa shape index (κ2) is 5.16. The van der Waals surface area contributed by atoms with Gasteiger partial charge in [-0.2, -0.15) is 0 Å². The van der Waals surface area contributed by atoms with Crippen LogP contribution in [-0.4, -0.2) is 48.9 Å². The van der Waals surface area contributed by atoms with Crippen LogP contribution in [0, 0.1) is 0 Å². The number of anilines is 1. The van der Waals surface area contributed by atoms with Gasteiger partial charge in [0, 0.05) is 12.6 Å². The van der Waals surface area contributed by atoms with Gasteiger partial charge in [-0.3, -0.25) is 0 Å². The zero-order chi connectivity index (χ0) is 13.2. The van der Waals surface area contributed by atoms with Crippen molar-refractivity contribution in [3.05, 3.63) is 24.3 Å². The molecule has 0 radical (unpaired) electrons. The molecule has 2 unspecified atom stereocenters. The lowest BCUT2D eigenvalue weighted by atomic mass is 9.97. The number of benzene rings is 1. The maximum Gasteiger partial charge on any atom is 0.141 e. The summed E-state index contributed by atoms with van der Waals surface area (Å²) in [6.07, 6.45) is 0.929. The van der Waals surface area contributed by atoms with E-state index < -0.39 is 0 Å². The second-order valence-electron chi connectivity index (χ2n) is 5.23. The topological polar surface area (TPSA) is 44.7 Å². The van der Waals surface area contributed by atoms with E-state index in [1.807, 2.05) is 24.3 Å². The van der Waals surface area contributed by atoms with E-state index in [-0.39, 0.29) is 12.1 Å². The van der Waals surface area contributed by atoms with Gasteiger partial charge < -0.3 is 20.1 Å². The zero-order valence-corrected chi connectivity index (χ0v) is 11.3. The molecule has 1 aliphatic rings. The average molecular weight is 250 g/mol. The van der Waals surface area contributed by atoms with Crippen LogP contribution in [0.15, 0.2) is 24.3 Å². The maximum absolute atomic E-state index is 9.75. The van der Waals surface area contributed by atoms with Crippen molar-refractivity contribution in [2.24, 2.45) is 0 Å². The molecule has 1 fully saturated rings. The minimum absolute atomic E-state index is 0.125. The molecule has 1 aromatic rings. The zero-order valence-electron chi connectivity index (χ0n) is 11.3. The molecular weight excluding hydrogens is 228 g/mol. The summed E-state index contributed by atoms with van der Waals surface area (Å²) in [5.74, 6) is 0.813. The summed E-state index contributed by atoms with van der Waals surface area (Å²) >= 11 is 0. The maximum atomic E-state index is 9.75. The van der Waals surface area contributed by atoms with Crippen LogP contribution in [0.2, 0.25) is 0 Å². The molecule has 0 aliphatic carbocycles. The van der Waals surface area contributed by atoms with Crippen LogP contribution in [0.5, 0.6) is 5.75 Å². The Hall–Kier alpha value is -1.26. The van der Waals surface area contributed by atoms with Crippen LogP contribution >= 0.6 is 0 Å². The summed E-state index contributed by atoms with van der Waals surface area (Å²) in [4.78, 5) is 2.26. The first-order chi connectivity index (χ1) is 8.60. The van der Waals surface area contributed by atoms with Crippen molar-refractivity contribution in [3.8, 4) is 5.75 Å². The molecule has 0 saturated carbocycles. The van der Waals surface area contributed by atoms with Crippen LogP contribution in [0.3, 0.4) is 0 Å². The molecule has 1 aliphatic heterocycles. The number of nitrogens with zero attached hydrogens (tertiary/aromatic N) is 1. The fourth-order valence-electron chi connectivity index (χ4n) is 2.70. The van der Waals surface area contributed by atoms with Gasteiger partial charge in [0.05, 0.1) is 24.9 Å². The summed E-state index contributed by atoms with van der Waals surface area (Å²) in [5.41, 5.74) is 0.666. The molecule has 18 heavy (non-hydrogen) atoms. The van der Waals surface area contributed by atoms with Crippen molar-refractivity contribution >= 4 is 5.69 Å². The SMILES string of the molecule is COc1ccccc1NC1(CO)CC(C)N(C)C1. The normalized spacial score (nSPS) is 28.3. The van der Waals surface area contributed by atoms with Gasteiger partial charge in [0.15, 0.2) is 0 Å². The number of rotatable bonds is 4. The standard InChI is InChI=1S/C14H22N2O2/c1-11-8-14(10-17,9-16(11)2)15-12-6-4-5-7-13(12)18-3/h4-7,11,15,17H,8-10H2,1-3H3. The number of likely N-dealkylation sites (tertiary alicyclic amines) is 1. The van der Waals surface area contributed by atoms with Gasteiger partial charge in [0.1, 0.15) is 5.75 Å². The van der Waals surface area contributed by atoms with Crippen LogP contribution < -0.4 is 10.1 Å². The molecule has 4 nitrogen and oxygen atoms in total. The lowest BCUT2D eigenvalue weighted by Gasteiger charge is -2.30. The summed E-state index contributed by atoms with van der Waals surface area (Å²) in [5, 5.41) is 13.2. The monoisotopic (exact) mass is 250 g/mol. The molecule has 2 atom stereocenters. The molecular formula is C14H22N2O2. The summed E-state index contributed by atoms with van der Waals surface area (Å²) < 4.78 is 5.34. The first-order valence-electron chi connectivity index (χ1n) is 6.32. The van der Waals surface area contributed by atoms with Crippen molar-refractivity contribution in [1.29, 1.82) is 0 Å². The van der Waals surface area contributed by atoms with Crippen molar-refractivity contribution in [2.45, 2.75) is 24.9 Å². The van der Waals surface area contributed by atoms with Crippen molar-refractivity contribution < 1.29 is 9.84 Å². The average Bonchev–Trinajstić information content (AvgIpc) is 2.66. The highest BCUT2D eigenvalue weighted by Crippen LogP contribution is 2.33. The summed E-state index contributed by atoms with van der Waals surface area (Å²) in [6.45, 7) is 3.14. The molecule has 100 valence electrons. The molecule has 1 aromatic carbocycles. The summed E-state index contributed by atoms with van der Waals surface area (Å²) in [7, 11) is 3.75. The quantitative estimate of drug-likeness (QED) is 0.851. The van der Waals surface area contributed by atoms with Gasteiger partial charge >= 0.3 is 0 Å². The van der Waals surface area contributed by atoms with Crippen molar-refractivity contribution in [1.82, 2.24) is 4.90 Å². The number of hydrogen-bond acceptors (Lipinski definition) is 4. The number of para-hydroxylation sites is 2. The van der Waals surface area contributed by atoms with Gasteiger partial charge in [0.25, 0.3) is 0 Å². The van der Waals surface area contributed by atoms with Gasteiger partial charge in [-0.1, -0.05) is 12.1 Å². The third kappa shape index (κ3) is 2.44. The Morgan fingerprint density at radius 3 is 2.78 bits per heavy atom. The van der Waals surface area contributed by atoms with E-state index in [4.69, 9.17) is 4.74 Å². The smallest absolute Gasteiger partial charge is 0.141 e. The van der Waals surface area contributed by atoms with E-state index in [2.05, 4.69) is 24.2 Å². The van der Waals surface area contributed by atoms with E-state index in [0.29, 0.717) is 6.04 Å². The molecule has 0 aromatic heterocycles. The van der Waals surface area contributed by atoms with Gasteiger partial charge in [-0.15, -0.1) is 0 Å². The minimum atomic E-state index is -0.275. The number of aliphatic hydroxyl groups excluding tert-OH is 1. The first-order valence-corrected chi connectivity index (χ1v) is 6.32. The lowest BCUT2D eigenvalue weighted by molar-refractivity contribution is 0.212. The number of ether oxygens (including phenoxy) is 1. The van der Waals surface area contributed by atoms with Crippen molar-refractivity contribution in [2.75, 3.05) is 32.6 Å². The molecule has 2 N–H and O–H groups in total. The van der Waals surface area contributed by atoms with Crippen LogP contribution in [0.25, 0.3) is 0 Å². The molecule has 1 heterocycles. The van der Waals surface area contributed by atoms with Crippen molar-refractivity contribution in [3.63, 3.8) is 0 Å². The Labute approximate surface area is 109 Å². The van der Waals surface area contributed by atoms with Crippen LogP contribution in [-0.2, 0) is 0 Å². The Morgan fingerprint density at radius 1 is 1.50 bits per heavy atom. The van der Waals surface area contributed by atoms with E-state index in [1.165, 1.54) is 0 Å². The number of nitrogens with one attached hydrogen (secondary N) is 1. The lowest BCUT2D eigenvalue weighted by Crippen LogP contribution is -2.44. The predicted octanol–water partition coefficient (Wildman–Crippen LogP) is 1.56. The van der Waals surface area contributed by atoms with E-state index in [9.17, 15) is 5.11 Å². The van der Waals surface area contributed by atoms with Crippen LogP contribution in [0.4, 0.5) is 5.69 Å². The molecule has 0 bridgehead atoms. The number of methoxy groups -OCH3 is 1. The fourth-order valence-corrected chi connectivity index (χ4v) is 2.70. The van der Waals surface area contributed by atoms with E-state index in [0.717, 1.165) is 24.4 Å². The third-order valence-electron chi connectivity index (χ3n) is 3.80. The number of aliphatic hydroxyl groups is 1. The Morgan fingerprint density at radius 2 is 2.22 bits per heavy atom. The highest BCUT2D eigenvalue weighted by atomic mass is 16.5. The van der Waals surface area contributed by atoms with Gasteiger partial charge in [-0.05, 0) is 32.5 Å². The summed E-state index contributed by atoms with van der Waals surface area (Å²) in [6, 6.07) is 8.30.